The number of aryl methyl sites for hydroxylation is 1. The molecule has 1 aromatic heterocycles. The van der Waals surface area contributed by atoms with Crippen molar-refractivity contribution in [2.45, 2.75) is 13.5 Å². The average molecular weight is 441 g/mol. The lowest BCUT2D eigenvalue weighted by Gasteiger charge is -2.22. The van der Waals surface area contributed by atoms with Gasteiger partial charge in [0.05, 0.1) is 5.69 Å². The topological polar surface area (TPSA) is 131 Å². The van der Waals surface area contributed by atoms with Crippen LogP contribution < -0.4 is 21.7 Å². The number of rotatable bonds is 7. The van der Waals surface area contributed by atoms with Gasteiger partial charge in [-0.15, -0.1) is 0 Å². The Morgan fingerprint density at radius 2 is 1.74 bits per heavy atom. The molecule has 0 unspecified atom stereocenters. The maximum absolute atomic E-state index is 13.2. The summed E-state index contributed by atoms with van der Waals surface area (Å²) in [6.07, 6.45) is 0. The van der Waals surface area contributed by atoms with Crippen LogP contribution in [0.25, 0.3) is 0 Å². The fraction of sp³-hybridized carbons (Fsp3) is 0.143. The summed E-state index contributed by atoms with van der Waals surface area (Å²) in [5.74, 6) is -2.23. The highest BCUT2D eigenvalue weighted by Gasteiger charge is 2.27. The minimum Gasteiger partial charge on any atom is -0.395 e. The summed E-state index contributed by atoms with van der Waals surface area (Å²) in [6, 6.07) is 12.7. The standard InChI is InChI=1S/C21H20FN5O3S/c1-12-2-8-15(9-3-12)27(21(30)19-17(23)18(20(24)29)26-31-19)11-16(28)25-10-13-4-6-14(22)7-5-13/h2-9H,10-11,23H2,1H3,(H2,24,29)(H,25,28). The second-order valence-corrected chi connectivity index (χ2v) is 7.54. The van der Waals surface area contributed by atoms with Crippen molar-refractivity contribution in [1.29, 1.82) is 0 Å². The molecule has 2 aromatic carbocycles. The highest BCUT2D eigenvalue weighted by molar-refractivity contribution is 7.09. The number of benzene rings is 2. The van der Waals surface area contributed by atoms with Crippen molar-refractivity contribution < 1.29 is 18.8 Å². The number of primary amides is 1. The van der Waals surface area contributed by atoms with Gasteiger partial charge in [0.25, 0.3) is 11.8 Å². The van der Waals surface area contributed by atoms with Crippen LogP contribution in [0.4, 0.5) is 15.8 Å². The van der Waals surface area contributed by atoms with E-state index in [9.17, 15) is 18.8 Å². The van der Waals surface area contributed by atoms with Crippen LogP contribution in [0.5, 0.6) is 0 Å². The summed E-state index contributed by atoms with van der Waals surface area (Å²) in [4.78, 5) is 38.4. The zero-order valence-corrected chi connectivity index (χ0v) is 17.4. The predicted octanol–water partition coefficient (Wildman–Crippen LogP) is 2.23. The molecule has 0 aliphatic heterocycles. The SMILES string of the molecule is Cc1ccc(N(CC(=O)NCc2ccc(F)cc2)C(=O)c2snc(C(N)=O)c2N)cc1. The van der Waals surface area contributed by atoms with Gasteiger partial charge in [0.1, 0.15) is 17.2 Å². The van der Waals surface area contributed by atoms with Gasteiger partial charge in [0.15, 0.2) is 5.69 Å². The number of aromatic nitrogens is 1. The molecule has 31 heavy (non-hydrogen) atoms. The van der Waals surface area contributed by atoms with Gasteiger partial charge in [-0.3, -0.25) is 19.3 Å². The molecule has 3 amide bonds. The number of anilines is 2. The van der Waals surface area contributed by atoms with E-state index in [4.69, 9.17) is 11.5 Å². The molecule has 160 valence electrons. The highest BCUT2D eigenvalue weighted by atomic mass is 32.1. The van der Waals surface area contributed by atoms with Crippen molar-refractivity contribution in [2.75, 3.05) is 17.2 Å². The fourth-order valence-electron chi connectivity index (χ4n) is 2.76. The molecule has 0 radical (unpaired) electrons. The summed E-state index contributed by atoms with van der Waals surface area (Å²) in [6.45, 7) is 1.77. The number of nitrogens with one attached hydrogen (secondary N) is 1. The van der Waals surface area contributed by atoms with Crippen LogP contribution in [0.15, 0.2) is 48.5 Å². The maximum Gasteiger partial charge on any atom is 0.272 e. The molecule has 0 spiro atoms. The first-order chi connectivity index (χ1) is 14.8. The Morgan fingerprint density at radius 1 is 1.10 bits per heavy atom. The first kappa shape index (κ1) is 21.9. The minimum absolute atomic E-state index is 0.0145. The number of carbonyl (C=O) groups excluding carboxylic acids is 3. The zero-order valence-electron chi connectivity index (χ0n) is 16.6. The molecule has 0 atom stereocenters. The van der Waals surface area contributed by atoms with Crippen LogP contribution in [-0.4, -0.2) is 28.6 Å². The van der Waals surface area contributed by atoms with Gasteiger partial charge in [0.2, 0.25) is 5.91 Å². The minimum atomic E-state index is -0.841. The molecule has 10 heteroatoms. The van der Waals surface area contributed by atoms with Gasteiger partial charge < -0.3 is 16.8 Å². The van der Waals surface area contributed by atoms with Crippen molar-refractivity contribution in [3.8, 4) is 0 Å². The molecule has 0 bridgehead atoms. The van der Waals surface area contributed by atoms with Crippen molar-refractivity contribution in [3.05, 3.63) is 76.0 Å². The molecule has 8 nitrogen and oxygen atoms in total. The third-order valence-electron chi connectivity index (χ3n) is 4.45. The number of nitrogens with zero attached hydrogens (tertiary/aromatic N) is 2. The van der Waals surface area contributed by atoms with E-state index in [-0.39, 0.29) is 35.2 Å². The Labute approximate surface area is 181 Å². The predicted molar refractivity (Wildman–Crippen MR) is 116 cm³/mol. The Kier molecular flexibility index (Phi) is 6.61. The molecule has 0 saturated carbocycles. The van der Waals surface area contributed by atoms with E-state index in [2.05, 4.69) is 9.69 Å². The number of nitrogen functional groups attached to an aromatic ring is 1. The van der Waals surface area contributed by atoms with Gasteiger partial charge in [0, 0.05) is 12.2 Å². The zero-order chi connectivity index (χ0) is 22.5. The van der Waals surface area contributed by atoms with Crippen molar-refractivity contribution in [3.63, 3.8) is 0 Å². The Hall–Kier alpha value is -3.79. The number of carbonyl (C=O) groups is 3. The number of amides is 3. The molecule has 5 N–H and O–H groups in total. The summed E-state index contributed by atoms with van der Waals surface area (Å²) in [5, 5.41) is 2.70. The van der Waals surface area contributed by atoms with Gasteiger partial charge >= 0.3 is 0 Å². The summed E-state index contributed by atoms with van der Waals surface area (Å²) >= 11 is 0.743. The fourth-order valence-corrected chi connectivity index (χ4v) is 3.51. The van der Waals surface area contributed by atoms with Crippen LogP contribution in [0.1, 0.15) is 31.3 Å². The highest BCUT2D eigenvalue weighted by Crippen LogP contribution is 2.26. The second kappa shape index (κ2) is 9.35. The number of halogens is 1. The lowest BCUT2D eigenvalue weighted by molar-refractivity contribution is -0.119. The molecule has 0 aliphatic rings. The third-order valence-corrected chi connectivity index (χ3v) is 5.30. The van der Waals surface area contributed by atoms with Crippen molar-refractivity contribution in [1.82, 2.24) is 9.69 Å². The van der Waals surface area contributed by atoms with Gasteiger partial charge in [-0.05, 0) is 48.3 Å². The Bertz CT molecular complexity index is 1110. The van der Waals surface area contributed by atoms with Gasteiger partial charge in [-0.1, -0.05) is 29.8 Å². The van der Waals surface area contributed by atoms with Gasteiger partial charge in [-0.25, -0.2) is 4.39 Å². The monoisotopic (exact) mass is 441 g/mol. The van der Waals surface area contributed by atoms with Crippen LogP contribution in [-0.2, 0) is 11.3 Å². The molecule has 0 saturated heterocycles. The van der Waals surface area contributed by atoms with E-state index in [1.807, 2.05) is 6.92 Å². The van der Waals surface area contributed by atoms with Crippen LogP contribution in [0.2, 0.25) is 0 Å². The van der Waals surface area contributed by atoms with E-state index < -0.39 is 17.7 Å². The molecule has 1 heterocycles. The van der Waals surface area contributed by atoms with Gasteiger partial charge in [-0.2, -0.15) is 4.37 Å². The van der Waals surface area contributed by atoms with E-state index in [1.54, 1.807) is 36.4 Å². The number of nitrogens with two attached hydrogens (primary N) is 2. The van der Waals surface area contributed by atoms with Crippen LogP contribution in [0.3, 0.4) is 0 Å². The lowest BCUT2D eigenvalue weighted by atomic mass is 10.2. The molecule has 0 fully saturated rings. The molecular formula is C21H20FN5O3S. The molecule has 3 aromatic rings. The quantitative estimate of drug-likeness (QED) is 0.517. The van der Waals surface area contributed by atoms with E-state index in [1.165, 1.54) is 17.0 Å². The first-order valence-electron chi connectivity index (χ1n) is 9.21. The Morgan fingerprint density at radius 3 is 2.32 bits per heavy atom. The molecule has 0 aliphatic carbocycles. The molecular weight excluding hydrogens is 421 g/mol. The number of hydrogen-bond donors (Lipinski definition) is 3. The second-order valence-electron chi connectivity index (χ2n) is 6.77. The summed E-state index contributed by atoms with van der Waals surface area (Å²) in [5.41, 5.74) is 13.0. The average Bonchev–Trinajstić information content (AvgIpc) is 3.13. The van der Waals surface area contributed by atoms with Crippen LogP contribution in [0, 0.1) is 12.7 Å². The largest absolute Gasteiger partial charge is 0.395 e. The molecule has 3 rings (SSSR count). The number of hydrogen-bond acceptors (Lipinski definition) is 6. The summed E-state index contributed by atoms with van der Waals surface area (Å²) < 4.78 is 16.9. The normalized spacial score (nSPS) is 10.5. The first-order valence-corrected chi connectivity index (χ1v) is 9.98. The Balaban J connectivity index is 1.82. The van der Waals surface area contributed by atoms with E-state index in [0.29, 0.717) is 11.3 Å². The summed E-state index contributed by atoms with van der Waals surface area (Å²) in [7, 11) is 0. The smallest absolute Gasteiger partial charge is 0.272 e. The van der Waals surface area contributed by atoms with Crippen molar-refractivity contribution >= 4 is 40.6 Å². The maximum atomic E-state index is 13.2. The van der Waals surface area contributed by atoms with Crippen LogP contribution >= 0.6 is 11.5 Å². The van der Waals surface area contributed by atoms with Crippen molar-refractivity contribution in [2.24, 2.45) is 5.73 Å². The van der Waals surface area contributed by atoms with E-state index in [0.717, 1.165) is 17.1 Å². The lowest BCUT2D eigenvalue weighted by Crippen LogP contribution is -2.40. The third kappa shape index (κ3) is 5.23. The van der Waals surface area contributed by atoms with E-state index >= 15 is 0 Å².